The number of nitrogens with zero attached hydrogens (tertiary/aromatic N) is 3. The average molecular weight is 343 g/mol. The van der Waals surface area contributed by atoms with Crippen molar-refractivity contribution in [2.75, 3.05) is 18.0 Å². The lowest BCUT2D eigenvalue weighted by atomic mass is 10.1. The first kappa shape index (κ1) is 15.4. The third-order valence-corrected chi connectivity index (χ3v) is 4.69. The maximum atomic E-state index is 6.38. The Morgan fingerprint density at radius 1 is 1.38 bits per heavy atom. The standard InChI is InChI=1S/C18H19ClN4O/c19-16-9-17(22-18-15(16)5-7-21-18)23-8-2-4-14(11-23)24-12-13-3-1-6-20-10-13/h1,3,5-7,9-10,14H,2,4,8,11-12H2,(H,21,22). The van der Waals surface area contributed by atoms with Gasteiger partial charge < -0.3 is 14.6 Å². The Labute approximate surface area is 145 Å². The van der Waals surface area contributed by atoms with Gasteiger partial charge in [0.05, 0.1) is 17.7 Å². The van der Waals surface area contributed by atoms with Gasteiger partial charge in [0.1, 0.15) is 11.5 Å². The van der Waals surface area contributed by atoms with Crippen LogP contribution in [0.4, 0.5) is 5.82 Å². The van der Waals surface area contributed by atoms with Gasteiger partial charge in [-0.1, -0.05) is 17.7 Å². The summed E-state index contributed by atoms with van der Waals surface area (Å²) in [6.07, 6.45) is 7.83. The number of piperidine rings is 1. The molecule has 3 aromatic heterocycles. The van der Waals surface area contributed by atoms with Crippen LogP contribution in [0.15, 0.2) is 42.9 Å². The molecule has 0 bridgehead atoms. The molecular formula is C18H19ClN4O. The summed E-state index contributed by atoms with van der Waals surface area (Å²) >= 11 is 6.38. The molecule has 1 aliphatic heterocycles. The minimum Gasteiger partial charge on any atom is -0.372 e. The highest BCUT2D eigenvalue weighted by molar-refractivity contribution is 6.35. The molecular weight excluding hydrogens is 324 g/mol. The number of hydrogen-bond acceptors (Lipinski definition) is 4. The number of halogens is 1. The van der Waals surface area contributed by atoms with E-state index in [-0.39, 0.29) is 6.10 Å². The summed E-state index contributed by atoms with van der Waals surface area (Å²) in [6.45, 7) is 2.40. The van der Waals surface area contributed by atoms with E-state index in [2.05, 4.69) is 14.9 Å². The maximum Gasteiger partial charge on any atom is 0.141 e. The van der Waals surface area contributed by atoms with Crippen LogP contribution in [0.2, 0.25) is 5.02 Å². The van der Waals surface area contributed by atoms with Gasteiger partial charge in [0.25, 0.3) is 0 Å². The molecule has 1 fully saturated rings. The van der Waals surface area contributed by atoms with Crippen molar-refractivity contribution in [3.05, 3.63) is 53.4 Å². The van der Waals surface area contributed by atoms with E-state index in [1.165, 1.54) is 0 Å². The molecule has 0 aromatic carbocycles. The highest BCUT2D eigenvalue weighted by Crippen LogP contribution is 2.28. The number of nitrogens with one attached hydrogen (secondary N) is 1. The highest BCUT2D eigenvalue weighted by atomic mass is 35.5. The smallest absolute Gasteiger partial charge is 0.141 e. The summed E-state index contributed by atoms with van der Waals surface area (Å²) in [7, 11) is 0. The van der Waals surface area contributed by atoms with Gasteiger partial charge in [-0.25, -0.2) is 4.98 Å². The summed E-state index contributed by atoms with van der Waals surface area (Å²) < 4.78 is 6.07. The third kappa shape index (κ3) is 3.23. The lowest BCUT2D eigenvalue weighted by molar-refractivity contribution is 0.0313. The van der Waals surface area contributed by atoms with Crippen molar-refractivity contribution in [2.45, 2.75) is 25.6 Å². The molecule has 1 N–H and O–H groups in total. The summed E-state index contributed by atoms with van der Waals surface area (Å²) in [4.78, 5) is 14.2. The van der Waals surface area contributed by atoms with E-state index in [0.717, 1.165) is 53.4 Å². The van der Waals surface area contributed by atoms with Crippen molar-refractivity contribution in [1.82, 2.24) is 15.0 Å². The van der Waals surface area contributed by atoms with Crippen LogP contribution in [0, 0.1) is 0 Å². The van der Waals surface area contributed by atoms with Crippen LogP contribution in [0.25, 0.3) is 11.0 Å². The van der Waals surface area contributed by atoms with Gasteiger partial charge in [0, 0.05) is 43.1 Å². The van der Waals surface area contributed by atoms with E-state index in [4.69, 9.17) is 21.3 Å². The Morgan fingerprint density at radius 2 is 2.33 bits per heavy atom. The molecule has 0 spiro atoms. The quantitative estimate of drug-likeness (QED) is 0.783. The Balaban J connectivity index is 1.45. The molecule has 5 nitrogen and oxygen atoms in total. The second kappa shape index (κ2) is 6.79. The largest absolute Gasteiger partial charge is 0.372 e. The fourth-order valence-electron chi connectivity index (χ4n) is 3.13. The predicted octanol–water partition coefficient (Wildman–Crippen LogP) is 3.80. The molecule has 1 atom stereocenters. The van der Waals surface area contributed by atoms with Crippen molar-refractivity contribution in [3.8, 4) is 0 Å². The van der Waals surface area contributed by atoms with Crippen LogP contribution in [0.1, 0.15) is 18.4 Å². The molecule has 1 saturated heterocycles. The summed E-state index contributed by atoms with van der Waals surface area (Å²) in [6, 6.07) is 7.86. The van der Waals surface area contributed by atoms with Crippen LogP contribution >= 0.6 is 11.6 Å². The van der Waals surface area contributed by atoms with Gasteiger partial charge in [-0.15, -0.1) is 0 Å². The zero-order chi connectivity index (χ0) is 16.4. The number of pyridine rings is 2. The van der Waals surface area contributed by atoms with Crippen molar-refractivity contribution in [1.29, 1.82) is 0 Å². The van der Waals surface area contributed by atoms with Crippen molar-refractivity contribution in [2.24, 2.45) is 0 Å². The molecule has 0 amide bonds. The van der Waals surface area contributed by atoms with Crippen LogP contribution < -0.4 is 4.90 Å². The number of aromatic nitrogens is 3. The first-order valence-corrected chi connectivity index (χ1v) is 8.56. The number of aromatic amines is 1. The number of fused-ring (bicyclic) bond motifs is 1. The van der Waals surface area contributed by atoms with E-state index in [0.29, 0.717) is 6.61 Å². The Kier molecular flexibility index (Phi) is 4.36. The molecule has 0 aliphatic carbocycles. The first-order valence-electron chi connectivity index (χ1n) is 8.19. The lowest BCUT2D eigenvalue weighted by Gasteiger charge is -2.33. The van der Waals surface area contributed by atoms with E-state index < -0.39 is 0 Å². The second-order valence-corrected chi connectivity index (χ2v) is 6.49. The highest BCUT2D eigenvalue weighted by Gasteiger charge is 2.22. The normalized spacial score (nSPS) is 18.2. The molecule has 0 radical (unpaired) electrons. The SMILES string of the molecule is Clc1cc(N2CCCC(OCc3cccnc3)C2)nc2[nH]ccc12. The summed E-state index contributed by atoms with van der Waals surface area (Å²) in [5.74, 6) is 0.907. The van der Waals surface area contributed by atoms with Crippen LogP contribution in [0.5, 0.6) is 0 Å². The topological polar surface area (TPSA) is 54.0 Å². The molecule has 6 heteroatoms. The Morgan fingerprint density at radius 3 is 3.21 bits per heavy atom. The average Bonchev–Trinajstić information content (AvgIpc) is 3.10. The number of anilines is 1. The van der Waals surface area contributed by atoms with Crippen molar-refractivity contribution >= 4 is 28.5 Å². The monoisotopic (exact) mass is 342 g/mol. The summed E-state index contributed by atoms with van der Waals surface area (Å²) in [5.41, 5.74) is 1.93. The minimum absolute atomic E-state index is 0.193. The van der Waals surface area contributed by atoms with Crippen molar-refractivity contribution < 1.29 is 4.74 Å². The van der Waals surface area contributed by atoms with Gasteiger partial charge in [-0.2, -0.15) is 0 Å². The van der Waals surface area contributed by atoms with E-state index in [1.54, 1.807) is 6.20 Å². The predicted molar refractivity (Wildman–Crippen MR) is 95.4 cm³/mol. The second-order valence-electron chi connectivity index (χ2n) is 6.08. The van der Waals surface area contributed by atoms with E-state index in [1.807, 2.05) is 36.7 Å². The fraction of sp³-hybridized carbons (Fsp3) is 0.333. The van der Waals surface area contributed by atoms with Crippen LogP contribution in [0.3, 0.4) is 0 Å². The third-order valence-electron chi connectivity index (χ3n) is 4.38. The number of rotatable bonds is 4. The Bertz CT molecular complexity index is 820. The van der Waals surface area contributed by atoms with Gasteiger partial charge in [-0.3, -0.25) is 4.98 Å². The van der Waals surface area contributed by atoms with Gasteiger partial charge in [0.2, 0.25) is 0 Å². The number of ether oxygens (including phenoxy) is 1. The zero-order valence-electron chi connectivity index (χ0n) is 13.3. The Hall–Kier alpha value is -2.11. The van der Waals surface area contributed by atoms with Crippen LogP contribution in [-0.2, 0) is 11.3 Å². The minimum atomic E-state index is 0.193. The lowest BCUT2D eigenvalue weighted by Crippen LogP contribution is -2.40. The van der Waals surface area contributed by atoms with Gasteiger partial charge in [-0.05, 0) is 30.5 Å². The van der Waals surface area contributed by atoms with Crippen LogP contribution in [-0.4, -0.2) is 34.1 Å². The molecule has 0 saturated carbocycles. The molecule has 124 valence electrons. The fourth-order valence-corrected chi connectivity index (χ4v) is 3.38. The number of H-pyrrole nitrogens is 1. The molecule has 4 rings (SSSR count). The molecule has 1 unspecified atom stereocenters. The number of hydrogen-bond donors (Lipinski definition) is 1. The van der Waals surface area contributed by atoms with E-state index in [9.17, 15) is 0 Å². The molecule has 1 aliphatic rings. The van der Waals surface area contributed by atoms with Gasteiger partial charge >= 0.3 is 0 Å². The zero-order valence-corrected chi connectivity index (χ0v) is 14.0. The maximum absolute atomic E-state index is 6.38. The molecule has 3 aromatic rings. The van der Waals surface area contributed by atoms with Gasteiger partial charge in [0.15, 0.2) is 0 Å². The molecule has 4 heterocycles. The van der Waals surface area contributed by atoms with Crippen molar-refractivity contribution in [3.63, 3.8) is 0 Å². The van der Waals surface area contributed by atoms with E-state index >= 15 is 0 Å². The first-order chi connectivity index (χ1) is 11.8. The molecule has 24 heavy (non-hydrogen) atoms. The summed E-state index contributed by atoms with van der Waals surface area (Å²) in [5, 5.41) is 1.69.